The molecule has 0 aromatic carbocycles. The lowest BCUT2D eigenvalue weighted by atomic mass is 10.0. The van der Waals surface area contributed by atoms with Crippen LogP contribution in [0.3, 0.4) is 0 Å². The number of rotatable bonds is 4. The van der Waals surface area contributed by atoms with E-state index >= 15 is 0 Å². The van der Waals surface area contributed by atoms with Crippen molar-refractivity contribution in [1.82, 2.24) is 9.88 Å². The summed E-state index contributed by atoms with van der Waals surface area (Å²) in [5.41, 5.74) is 5.53. The first-order valence-electron chi connectivity index (χ1n) is 7.12. The van der Waals surface area contributed by atoms with Crippen LogP contribution in [0.25, 0.3) is 0 Å². The van der Waals surface area contributed by atoms with Crippen LogP contribution >= 0.6 is 11.3 Å². The van der Waals surface area contributed by atoms with Gasteiger partial charge in [0.2, 0.25) is 0 Å². The van der Waals surface area contributed by atoms with Crippen molar-refractivity contribution in [2.45, 2.75) is 51.7 Å². The zero-order valence-electron chi connectivity index (χ0n) is 12.5. The highest BCUT2D eigenvalue weighted by molar-refractivity contribution is 7.14. The molecule has 1 unspecified atom stereocenters. The molecule has 7 heteroatoms. The van der Waals surface area contributed by atoms with Crippen molar-refractivity contribution in [2.24, 2.45) is 5.73 Å². The Bertz CT molecular complexity index is 556. The van der Waals surface area contributed by atoms with Gasteiger partial charge in [0.25, 0.3) is 11.8 Å². The van der Waals surface area contributed by atoms with Crippen LogP contribution in [0.5, 0.6) is 0 Å². The number of carbonyl (C=O) groups excluding carboxylic acids is 2. The van der Waals surface area contributed by atoms with Gasteiger partial charge in [0.15, 0.2) is 5.01 Å². The second kappa shape index (κ2) is 6.11. The van der Waals surface area contributed by atoms with E-state index in [0.717, 1.165) is 24.2 Å². The molecule has 1 saturated heterocycles. The van der Waals surface area contributed by atoms with Crippen molar-refractivity contribution in [3.63, 3.8) is 0 Å². The molecule has 3 atom stereocenters. The Morgan fingerprint density at radius 3 is 2.62 bits per heavy atom. The number of aromatic nitrogens is 1. The fraction of sp³-hybridized carbons (Fsp3) is 0.643. The molecule has 0 spiro atoms. The minimum atomic E-state index is -0.646. The molecular weight excluding hydrogens is 290 g/mol. The van der Waals surface area contributed by atoms with Gasteiger partial charge in [-0.15, -0.1) is 11.3 Å². The van der Waals surface area contributed by atoms with Crippen LogP contribution in [0, 0.1) is 0 Å². The van der Waals surface area contributed by atoms with Gasteiger partial charge in [0, 0.05) is 23.4 Å². The fourth-order valence-electron chi connectivity index (χ4n) is 2.49. The second-order valence-corrected chi connectivity index (χ2v) is 6.65. The van der Waals surface area contributed by atoms with Crippen LogP contribution in [-0.2, 0) is 0 Å². The van der Waals surface area contributed by atoms with Gasteiger partial charge in [0.1, 0.15) is 5.69 Å². The Morgan fingerprint density at radius 1 is 1.48 bits per heavy atom. The maximum absolute atomic E-state index is 12.7. The highest BCUT2D eigenvalue weighted by Gasteiger charge is 2.32. The van der Waals surface area contributed by atoms with E-state index in [0.29, 0.717) is 11.4 Å². The average Bonchev–Trinajstić information content (AvgIpc) is 3.03. The van der Waals surface area contributed by atoms with E-state index in [4.69, 9.17) is 5.73 Å². The fourth-order valence-corrected chi connectivity index (χ4v) is 3.55. The van der Waals surface area contributed by atoms with Crippen molar-refractivity contribution in [2.75, 3.05) is 6.54 Å². The van der Waals surface area contributed by atoms with E-state index in [1.807, 2.05) is 13.8 Å². The van der Waals surface area contributed by atoms with Crippen molar-refractivity contribution in [1.29, 1.82) is 0 Å². The molecule has 1 aliphatic heterocycles. The van der Waals surface area contributed by atoms with Gasteiger partial charge < -0.3 is 15.7 Å². The normalized spacial score (nSPS) is 21.3. The Labute approximate surface area is 128 Å². The van der Waals surface area contributed by atoms with Gasteiger partial charge in [0.05, 0.1) is 6.10 Å². The summed E-state index contributed by atoms with van der Waals surface area (Å²) in [5.74, 6) is -1.09. The molecular formula is C14H21N3O3S. The molecule has 1 aromatic heterocycles. The van der Waals surface area contributed by atoms with Gasteiger partial charge in [-0.25, -0.2) is 4.98 Å². The van der Waals surface area contributed by atoms with E-state index in [1.165, 1.54) is 0 Å². The lowest BCUT2D eigenvalue weighted by molar-refractivity contribution is 0.0739. The minimum absolute atomic E-state index is 0.118. The Kier molecular flexibility index (Phi) is 4.63. The van der Waals surface area contributed by atoms with Gasteiger partial charge in [-0.3, -0.25) is 9.59 Å². The summed E-state index contributed by atoms with van der Waals surface area (Å²) in [6, 6.07) is 0.172. The molecule has 2 amide bonds. The number of hydrogen-bond acceptors (Lipinski definition) is 5. The summed E-state index contributed by atoms with van der Waals surface area (Å²) in [7, 11) is 0. The van der Waals surface area contributed by atoms with Crippen molar-refractivity contribution in [3.05, 3.63) is 15.6 Å². The number of aliphatic hydroxyl groups is 1. The van der Waals surface area contributed by atoms with E-state index in [-0.39, 0.29) is 28.6 Å². The van der Waals surface area contributed by atoms with Gasteiger partial charge >= 0.3 is 0 Å². The summed E-state index contributed by atoms with van der Waals surface area (Å²) in [6.07, 6.45) is 1.31. The molecule has 1 fully saturated rings. The molecule has 1 aromatic rings. The molecule has 116 valence electrons. The van der Waals surface area contributed by atoms with Crippen LogP contribution in [0.1, 0.15) is 64.7 Å². The lowest BCUT2D eigenvalue weighted by Crippen LogP contribution is -2.34. The molecule has 21 heavy (non-hydrogen) atoms. The second-order valence-electron chi connectivity index (χ2n) is 5.62. The number of amides is 2. The molecule has 2 heterocycles. The SMILES string of the molecule is CC(c1sc(C(N)=O)nc1C(=O)N1CCC[C@@H]1C)[C@H](C)O. The van der Waals surface area contributed by atoms with Crippen LogP contribution < -0.4 is 5.73 Å². The van der Waals surface area contributed by atoms with Gasteiger partial charge in [-0.05, 0) is 26.7 Å². The largest absolute Gasteiger partial charge is 0.393 e. The zero-order valence-corrected chi connectivity index (χ0v) is 13.3. The summed E-state index contributed by atoms with van der Waals surface area (Å²) < 4.78 is 0. The maximum atomic E-state index is 12.7. The number of carbonyl (C=O) groups is 2. The standard InChI is InChI=1S/C14H21N3O3S/c1-7-5-4-6-17(7)14(20)10-11(8(2)9(3)18)21-13(16-10)12(15)19/h7-9,18H,4-6H2,1-3H3,(H2,15,19)/t7-,8?,9-/m0/s1. The third-order valence-corrected chi connectivity index (χ3v) is 5.29. The number of likely N-dealkylation sites (tertiary alicyclic amines) is 1. The highest BCUT2D eigenvalue weighted by atomic mass is 32.1. The summed E-state index contributed by atoms with van der Waals surface area (Å²) in [6.45, 7) is 6.17. The Balaban J connectivity index is 2.41. The van der Waals surface area contributed by atoms with E-state index in [1.54, 1.807) is 11.8 Å². The summed E-state index contributed by atoms with van der Waals surface area (Å²) in [4.78, 5) is 30.6. The predicted molar refractivity (Wildman–Crippen MR) is 80.5 cm³/mol. The zero-order chi connectivity index (χ0) is 15.7. The number of thiazole rings is 1. The minimum Gasteiger partial charge on any atom is -0.393 e. The summed E-state index contributed by atoms with van der Waals surface area (Å²) >= 11 is 1.10. The Hall–Kier alpha value is -1.47. The molecule has 3 N–H and O–H groups in total. The van der Waals surface area contributed by atoms with Gasteiger partial charge in [-0.1, -0.05) is 6.92 Å². The van der Waals surface area contributed by atoms with E-state index in [2.05, 4.69) is 4.98 Å². The van der Waals surface area contributed by atoms with Crippen LogP contribution in [0.4, 0.5) is 0 Å². The quantitative estimate of drug-likeness (QED) is 0.877. The third-order valence-electron chi connectivity index (χ3n) is 4.02. The first-order chi connectivity index (χ1) is 9.82. The third kappa shape index (κ3) is 3.08. The molecule has 6 nitrogen and oxygen atoms in total. The smallest absolute Gasteiger partial charge is 0.277 e. The Morgan fingerprint density at radius 2 is 2.14 bits per heavy atom. The predicted octanol–water partition coefficient (Wildman–Crippen LogP) is 1.35. The van der Waals surface area contributed by atoms with Crippen molar-refractivity contribution >= 4 is 23.2 Å². The first-order valence-corrected chi connectivity index (χ1v) is 7.94. The monoisotopic (exact) mass is 311 g/mol. The topological polar surface area (TPSA) is 96.5 Å². The van der Waals surface area contributed by atoms with Crippen LogP contribution in [-0.4, -0.2) is 45.5 Å². The molecule has 0 bridgehead atoms. The van der Waals surface area contributed by atoms with Crippen molar-refractivity contribution < 1.29 is 14.7 Å². The van der Waals surface area contributed by atoms with E-state index < -0.39 is 12.0 Å². The van der Waals surface area contributed by atoms with E-state index in [9.17, 15) is 14.7 Å². The summed E-state index contributed by atoms with van der Waals surface area (Å²) in [5, 5.41) is 9.90. The highest BCUT2D eigenvalue weighted by Crippen LogP contribution is 2.31. The molecule has 1 aliphatic rings. The number of aliphatic hydroxyl groups excluding tert-OH is 1. The van der Waals surface area contributed by atoms with Gasteiger partial charge in [-0.2, -0.15) is 0 Å². The lowest BCUT2D eigenvalue weighted by Gasteiger charge is -2.22. The number of nitrogens with zero attached hydrogens (tertiary/aromatic N) is 2. The van der Waals surface area contributed by atoms with Crippen LogP contribution in [0.15, 0.2) is 0 Å². The maximum Gasteiger partial charge on any atom is 0.277 e. The molecule has 0 radical (unpaired) electrons. The molecule has 0 aliphatic carbocycles. The number of primary amides is 1. The average molecular weight is 311 g/mol. The number of hydrogen-bond donors (Lipinski definition) is 2. The molecule has 2 rings (SSSR count). The first kappa shape index (κ1) is 15.9. The molecule has 0 saturated carbocycles. The van der Waals surface area contributed by atoms with Crippen LogP contribution in [0.2, 0.25) is 0 Å². The van der Waals surface area contributed by atoms with Crippen molar-refractivity contribution in [3.8, 4) is 0 Å². The number of nitrogens with two attached hydrogens (primary N) is 1.